The summed E-state index contributed by atoms with van der Waals surface area (Å²) in [6, 6.07) is 7.96. The molecule has 0 aromatic carbocycles. The van der Waals surface area contributed by atoms with Gasteiger partial charge in [0.25, 0.3) is 0 Å². The fourth-order valence-corrected chi connectivity index (χ4v) is 2.71. The summed E-state index contributed by atoms with van der Waals surface area (Å²) in [6.45, 7) is 6.11. The van der Waals surface area contributed by atoms with E-state index >= 15 is 0 Å². The van der Waals surface area contributed by atoms with E-state index in [-0.39, 0.29) is 0 Å². The van der Waals surface area contributed by atoms with Gasteiger partial charge in [-0.05, 0) is 25.0 Å². The molecule has 114 valence electrons. The van der Waals surface area contributed by atoms with Crippen molar-refractivity contribution in [3.63, 3.8) is 0 Å². The van der Waals surface area contributed by atoms with Crippen molar-refractivity contribution >= 4 is 0 Å². The highest BCUT2D eigenvalue weighted by atomic mass is 16.5. The maximum atomic E-state index is 8.97. The fraction of sp³-hybridized carbons (Fsp3) is 0.438. The van der Waals surface area contributed by atoms with Crippen LogP contribution in [0.4, 0.5) is 0 Å². The summed E-state index contributed by atoms with van der Waals surface area (Å²) in [4.78, 5) is 6.67. The third kappa shape index (κ3) is 3.26. The molecule has 1 aliphatic rings. The lowest BCUT2D eigenvalue weighted by Gasteiger charge is -2.19. The van der Waals surface area contributed by atoms with Crippen molar-refractivity contribution in [1.82, 2.24) is 19.7 Å². The van der Waals surface area contributed by atoms with Crippen LogP contribution in [0.3, 0.4) is 0 Å². The third-order valence-electron chi connectivity index (χ3n) is 3.70. The van der Waals surface area contributed by atoms with Gasteiger partial charge >= 0.3 is 0 Å². The molecule has 0 N–H and O–H groups in total. The van der Waals surface area contributed by atoms with E-state index in [1.807, 2.05) is 29.9 Å². The van der Waals surface area contributed by atoms with Gasteiger partial charge in [0.1, 0.15) is 6.07 Å². The van der Waals surface area contributed by atoms with Crippen molar-refractivity contribution in [1.29, 1.82) is 5.26 Å². The molecule has 6 heteroatoms. The molecule has 6 nitrogen and oxygen atoms in total. The minimum atomic E-state index is 0.500. The van der Waals surface area contributed by atoms with Crippen molar-refractivity contribution in [2.24, 2.45) is 0 Å². The first kappa shape index (κ1) is 14.5. The highest BCUT2D eigenvalue weighted by Crippen LogP contribution is 2.16. The average molecular weight is 297 g/mol. The molecule has 0 spiro atoms. The second kappa shape index (κ2) is 6.58. The molecule has 2 aromatic heterocycles. The van der Waals surface area contributed by atoms with E-state index in [1.54, 1.807) is 0 Å². The SMILES string of the molecule is CCOc1ccc(CN2CCCn3nc(C#N)cc3C2)cn1. The largest absolute Gasteiger partial charge is 0.478 e. The van der Waals surface area contributed by atoms with Crippen LogP contribution in [0.25, 0.3) is 0 Å². The number of ether oxygens (including phenoxy) is 1. The first-order valence-corrected chi connectivity index (χ1v) is 7.55. The van der Waals surface area contributed by atoms with Gasteiger partial charge in [0, 0.05) is 38.4 Å². The van der Waals surface area contributed by atoms with E-state index in [1.165, 1.54) is 0 Å². The Kier molecular flexibility index (Phi) is 4.35. The van der Waals surface area contributed by atoms with Crippen LogP contribution < -0.4 is 4.74 Å². The summed E-state index contributed by atoms with van der Waals surface area (Å²) < 4.78 is 7.32. The normalized spacial score (nSPS) is 14.9. The van der Waals surface area contributed by atoms with Crippen molar-refractivity contribution in [2.45, 2.75) is 33.0 Å². The number of nitriles is 1. The van der Waals surface area contributed by atoms with E-state index in [0.717, 1.165) is 43.9 Å². The number of pyridine rings is 1. The minimum Gasteiger partial charge on any atom is -0.478 e. The van der Waals surface area contributed by atoms with Crippen LogP contribution in [0.5, 0.6) is 5.88 Å². The average Bonchev–Trinajstić information content (AvgIpc) is 2.82. The molecule has 3 heterocycles. The Balaban J connectivity index is 1.68. The summed E-state index contributed by atoms with van der Waals surface area (Å²) >= 11 is 0. The zero-order chi connectivity index (χ0) is 15.4. The van der Waals surface area contributed by atoms with Crippen molar-refractivity contribution < 1.29 is 4.74 Å². The lowest BCUT2D eigenvalue weighted by Crippen LogP contribution is -2.22. The van der Waals surface area contributed by atoms with E-state index < -0.39 is 0 Å². The van der Waals surface area contributed by atoms with Crippen LogP contribution in [-0.4, -0.2) is 32.8 Å². The summed E-state index contributed by atoms with van der Waals surface area (Å²) in [6.07, 6.45) is 2.90. The van der Waals surface area contributed by atoms with E-state index in [9.17, 15) is 0 Å². The second-order valence-corrected chi connectivity index (χ2v) is 5.36. The van der Waals surface area contributed by atoms with Gasteiger partial charge in [-0.3, -0.25) is 9.58 Å². The van der Waals surface area contributed by atoms with Crippen LogP contribution in [0, 0.1) is 11.3 Å². The highest BCUT2D eigenvalue weighted by molar-refractivity contribution is 5.23. The Morgan fingerprint density at radius 2 is 2.27 bits per heavy atom. The molecule has 1 aliphatic heterocycles. The van der Waals surface area contributed by atoms with Crippen molar-refractivity contribution in [3.8, 4) is 11.9 Å². The molecule has 0 atom stereocenters. The van der Waals surface area contributed by atoms with Crippen LogP contribution >= 0.6 is 0 Å². The van der Waals surface area contributed by atoms with Crippen LogP contribution in [0.1, 0.15) is 30.3 Å². The summed E-state index contributed by atoms with van der Waals surface area (Å²) in [5.74, 6) is 0.666. The molecule has 2 aromatic rings. The Morgan fingerprint density at radius 3 is 3.00 bits per heavy atom. The molecule has 0 unspecified atom stereocenters. The first-order valence-electron chi connectivity index (χ1n) is 7.55. The van der Waals surface area contributed by atoms with Gasteiger partial charge in [-0.2, -0.15) is 10.4 Å². The Hall–Kier alpha value is -2.39. The number of aryl methyl sites for hydroxylation is 1. The quantitative estimate of drug-likeness (QED) is 0.863. The topological polar surface area (TPSA) is 67.0 Å². The molecule has 0 radical (unpaired) electrons. The minimum absolute atomic E-state index is 0.500. The molecule has 0 saturated carbocycles. The predicted molar refractivity (Wildman–Crippen MR) is 81.1 cm³/mol. The molecular formula is C16H19N5O. The summed E-state index contributed by atoms with van der Waals surface area (Å²) in [5.41, 5.74) is 2.77. The maximum absolute atomic E-state index is 8.97. The van der Waals surface area contributed by atoms with Crippen LogP contribution in [0.2, 0.25) is 0 Å². The zero-order valence-corrected chi connectivity index (χ0v) is 12.7. The summed E-state index contributed by atoms with van der Waals surface area (Å²) in [5, 5.41) is 13.3. The lowest BCUT2D eigenvalue weighted by atomic mass is 10.2. The molecular weight excluding hydrogens is 278 g/mol. The zero-order valence-electron chi connectivity index (χ0n) is 12.7. The monoisotopic (exact) mass is 297 g/mol. The maximum Gasteiger partial charge on any atom is 0.213 e. The molecule has 0 fully saturated rings. The second-order valence-electron chi connectivity index (χ2n) is 5.36. The van der Waals surface area contributed by atoms with Crippen LogP contribution in [-0.2, 0) is 19.6 Å². The smallest absolute Gasteiger partial charge is 0.213 e. The van der Waals surface area contributed by atoms with Gasteiger partial charge in [0.05, 0.1) is 12.3 Å². The Labute approximate surface area is 129 Å². The van der Waals surface area contributed by atoms with Gasteiger partial charge in [0.2, 0.25) is 5.88 Å². The van der Waals surface area contributed by atoms with Gasteiger partial charge in [-0.15, -0.1) is 0 Å². The van der Waals surface area contributed by atoms with Gasteiger partial charge in [-0.25, -0.2) is 4.98 Å². The number of hydrogen-bond acceptors (Lipinski definition) is 5. The third-order valence-corrected chi connectivity index (χ3v) is 3.70. The number of rotatable bonds is 4. The molecule has 0 amide bonds. The fourth-order valence-electron chi connectivity index (χ4n) is 2.71. The standard InChI is InChI=1S/C16H19N5O/c1-2-22-16-5-4-13(10-18-16)11-20-6-3-7-21-15(12-20)8-14(9-17)19-21/h4-5,8,10H,2-3,6-7,11-12H2,1H3. The predicted octanol–water partition coefficient (Wildman–Crippen LogP) is 1.95. The molecule has 0 bridgehead atoms. The number of fused-ring (bicyclic) bond motifs is 1. The summed E-state index contributed by atoms with van der Waals surface area (Å²) in [7, 11) is 0. The number of nitrogens with zero attached hydrogens (tertiary/aromatic N) is 5. The number of aromatic nitrogens is 3. The van der Waals surface area contributed by atoms with E-state index in [2.05, 4.69) is 27.1 Å². The van der Waals surface area contributed by atoms with Crippen molar-refractivity contribution in [2.75, 3.05) is 13.2 Å². The Bertz CT molecular complexity index is 671. The van der Waals surface area contributed by atoms with Gasteiger partial charge in [-0.1, -0.05) is 6.07 Å². The number of hydrogen-bond donors (Lipinski definition) is 0. The first-order chi connectivity index (χ1) is 10.8. The molecule has 0 aliphatic carbocycles. The van der Waals surface area contributed by atoms with E-state index in [4.69, 9.17) is 10.00 Å². The van der Waals surface area contributed by atoms with E-state index in [0.29, 0.717) is 18.2 Å². The Morgan fingerprint density at radius 1 is 1.36 bits per heavy atom. The van der Waals surface area contributed by atoms with Gasteiger partial charge in [0.15, 0.2) is 5.69 Å². The highest BCUT2D eigenvalue weighted by Gasteiger charge is 2.16. The van der Waals surface area contributed by atoms with Crippen LogP contribution in [0.15, 0.2) is 24.4 Å². The molecule has 22 heavy (non-hydrogen) atoms. The molecule has 0 saturated heterocycles. The van der Waals surface area contributed by atoms with Gasteiger partial charge < -0.3 is 4.74 Å². The van der Waals surface area contributed by atoms with Crippen molar-refractivity contribution in [3.05, 3.63) is 41.3 Å². The lowest BCUT2D eigenvalue weighted by molar-refractivity contribution is 0.260. The molecule has 3 rings (SSSR count).